The van der Waals surface area contributed by atoms with Crippen molar-refractivity contribution in [2.45, 2.75) is 0 Å². The lowest BCUT2D eigenvalue weighted by Gasteiger charge is -2.34. The number of benzene rings is 1. The van der Waals surface area contributed by atoms with E-state index in [2.05, 4.69) is 23.9 Å². The highest BCUT2D eigenvalue weighted by Gasteiger charge is 2.27. The van der Waals surface area contributed by atoms with Crippen LogP contribution in [0.15, 0.2) is 24.3 Å². The van der Waals surface area contributed by atoms with Gasteiger partial charge in [-0.2, -0.15) is 0 Å². The Kier molecular flexibility index (Phi) is 5.16. The van der Waals surface area contributed by atoms with Crippen molar-refractivity contribution in [3.8, 4) is 0 Å². The molecule has 2 aliphatic rings. The molecule has 0 spiro atoms. The van der Waals surface area contributed by atoms with E-state index in [-0.39, 0.29) is 11.8 Å². The number of hydrogen-bond acceptors (Lipinski definition) is 4. The van der Waals surface area contributed by atoms with E-state index in [9.17, 15) is 9.59 Å². The summed E-state index contributed by atoms with van der Waals surface area (Å²) in [5.41, 5.74) is 1.07. The second kappa shape index (κ2) is 7.32. The standard InChI is InChI=1S/C18H26N4O2/c1-19-7-11-21(12-8-19)17(23)15-5-3-4-6-16(15)18(24)22-13-9-20(2)10-14-22/h3-6H,7-14H2,1-2H3. The predicted octanol–water partition coefficient (Wildman–Crippen LogP) is 0.462. The zero-order valence-corrected chi connectivity index (χ0v) is 14.6. The van der Waals surface area contributed by atoms with Crippen molar-refractivity contribution < 1.29 is 9.59 Å². The zero-order valence-electron chi connectivity index (χ0n) is 14.6. The number of rotatable bonds is 2. The number of piperazine rings is 2. The molecule has 0 bridgehead atoms. The van der Waals surface area contributed by atoms with Crippen molar-refractivity contribution in [2.24, 2.45) is 0 Å². The maximum atomic E-state index is 12.9. The fraction of sp³-hybridized carbons (Fsp3) is 0.556. The third kappa shape index (κ3) is 3.60. The molecule has 1 aromatic rings. The van der Waals surface area contributed by atoms with Crippen LogP contribution in [0.4, 0.5) is 0 Å². The average molecular weight is 330 g/mol. The Bertz CT molecular complexity index is 550. The molecule has 2 aliphatic heterocycles. The molecule has 3 rings (SSSR count). The summed E-state index contributed by atoms with van der Waals surface area (Å²) >= 11 is 0. The van der Waals surface area contributed by atoms with E-state index in [1.54, 1.807) is 12.1 Å². The third-order valence-corrected chi connectivity index (χ3v) is 4.97. The molecule has 0 atom stereocenters. The minimum Gasteiger partial charge on any atom is -0.336 e. The van der Waals surface area contributed by atoms with Gasteiger partial charge in [-0.1, -0.05) is 12.1 Å². The molecule has 2 fully saturated rings. The molecular weight excluding hydrogens is 304 g/mol. The van der Waals surface area contributed by atoms with Gasteiger partial charge in [0.1, 0.15) is 0 Å². The molecule has 0 aromatic heterocycles. The van der Waals surface area contributed by atoms with Crippen molar-refractivity contribution in [3.05, 3.63) is 35.4 Å². The fourth-order valence-electron chi connectivity index (χ4n) is 3.22. The number of likely N-dealkylation sites (N-methyl/N-ethyl adjacent to an activating group) is 2. The normalized spacial score (nSPS) is 20.2. The SMILES string of the molecule is CN1CCN(C(=O)c2ccccc2C(=O)N2CCN(C)CC2)CC1. The summed E-state index contributed by atoms with van der Waals surface area (Å²) in [6.07, 6.45) is 0. The second-order valence-electron chi connectivity index (χ2n) is 6.74. The molecule has 0 saturated carbocycles. The first-order valence-corrected chi connectivity index (χ1v) is 8.61. The van der Waals surface area contributed by atoms with Gasteiger partial charge in [-0.3, -0.25) is 9.59 Å². The van der Waals surface area contributed by atoms with Crippen molar-refractivity contribution >= 4 is 11.8 Å². The smallest absolute Gasteiger partial charge is 0.254 e. The Labute approximate surface area is 143 Å². The summed E-state index contributed by atoms with van der Waals surface area (Å²) in [5, 5.41) is 0. The van der Waals surface area contributed by atoms with Crippen LogP contribution in [0, 0.1) is 0 Å². The summed E-state index contributed by atoms with van der Waals surface area (Å²) in [6, 6.07) is 7.24. The monoisotopic (exact) mass is 330 g/mol. The highest BCUT2D eigenvalue weighted by Crippen LogP contribution is 2.16. The van der Waals surface area contributed by atoms with E-state index in [4.69, 9.17) is 0 Å². The van der Waals surface area contributed by atoms with Gasteiger partial charge in [-0.15, -0.1) is 0 Å². The van der Waals surface area contributed by atoms with Gasteiger partial charge in [0.15, 0.2) is 0 Å². The van der Waals surface area contributed by atoms with Crippen molar-refractivity contribution in [3.63, 3.8) is 0 Å². The van der Waals surface area contributed by atoms with Crippen LogP contribution in [0.25, 0.3) is 0 Å². The molecule has 6 nitrogen and oxygen atoms in total. The van der Waals surface area contributed by atoms with Crippen LogP contribution in [-0.2, 0) is 0 Å². The van der Waals surface area contributed by atoms with Gasteiger partial charge in [-0.05, 0) is 26.2 Å². The largest absolute Gasteiger partial charge is 0.336 e. The van der Waals surface area contributed by atoms with Crippen LogP contribution in [0.5, 0.6) is 0 Å². The van der Waals surface area contributed by atoms with E-state index < -0.39 is 0 Å². The molecule has 2 heterocycles. The first kappa shape index (κ1) is 16.9. The molecule has 2 amide bonds. The maximum Gasteiger partial charge on any atom is 0.254 e. The van der Waals surface area contributed by atoms with E-state index in [0.29, 0.717) is 37.3 Å². The Balaban J connectivity index is 1.77. The van der Waals surface area contributed by atoms with Gasteiger partial charge in [0.05, 0.1) is 11.1 Å². The van der Waals surface area contributed by atoms with Gasteiger partial charge in [-0.25, -0.2) is 0 Å². The van der Waals surface area contributed by atoms with Crippen molar-refractivity contribution in [1.82, 2.24) is 19.6 Å². The molecule has 0 N–H and O–H groups in total. The average Bonchev–Trinajstić information content (AvgIpc) is 2.62. The number of carbonyl (C=O) groups excluding carboxylic acids is 2. The quantitative estimate of drug-likeness (QED) is 0.791. The molecule has 1 aromatic carbocycles. The Hall–Kier alpha value is -1.92. The number of carbonyl (C=O) groups is 2. The summed E-state index contributed by atoms with van der Waals surface area (Å²) in [4.78, 5) is 33.9. The third-order valence-electron chi connectivity index (χ3n) is 4.97. The van der Waals surface area contributed by atoms with E-state index >= 15 is 0 Å². The topological polar surface area (TPSA) is 47.1 Å². The molecule has 130 valence electrons. The lowest BCUT2D eigenvalue weighted by atomic mass is 10.0. The summed E-state index contributed by atoms with van der Waals surface area (Å²) in [5.74, 6) is -0.0534. The Morgan fingerprint density at radius 3 is 1.33 bits per heavy atom. The number of amides is 2. The molecule has 6 heteroatoms. The van der Waals surface area contributed by atoms with Crippen molar-refractivity contribution in [1.29, 1.82) is 0 Å². The van der Waals surface area contributed by atoms with Gasteiger partial charge < -0.3 is 19.6 Å². The van der Waals surface area contributed by atoms with E-state index in [1.165, 1.54) is 0 Å². The van der Waals surface area contributed by atoms with Gasteiger partial charge in [0.2, 0.25) is 0 Å². The summed E-state index contributed by atoms with van der Waals surface area (Å²) < 4.78 is 0. The highest BCUT2D eigenvalue weighted by molar-refractivity contribution is 6.07. The van der Waals surface area contributed by atoms with Crippen LogP contribution >= 0.6 is 0 Å². The Morgan fingerprint density at radius 1 is 0.667 bits per heavy atom. The molecule has 0 unspecified atom stereocenters. The predicted molar refractivity (Wildman–Crippen MR) is 93.2 cm³/mol. The van der Waals surface area contributed by atoms with Crippen LogP contribution in [0.2, 0.25) is 0 Å². The lowest BCUT2D eigenvalue weighted by molar-refractivity contribution is 0.0625. The van der Waals surface area contributed by atoms with Crippen LogP contribution in [0.3, 0.4) is 0 Å². The fourth-order valence-corrected chi connectivity index (χ4v) is 3.22. The molecular formula is C18H26N4O2. The van der Waals surface area contributed by atoms with E-state index in [1.807, 2.05) is 21.9 Å². The first-order valence-electron chi connectivity index (χ1n) is 8.61. The number of hydrogen-bond donors (Lipinski definition) is 0. The highest BCUT2D eigenvalue weighted by atomic mass is 16.2. The molecule has 0 radical (unpaired) electrons. The van der Waals surface area contributed by atoms with Gasteiger partial charge >= 0.3 is 0 Å². The summed E-state index contributed by atoms with van der Waals surface area (Å²) in [7, 11) is 4.12. The van der Waals surface area contributed by atoms with Gasteiger partial charge in [0, 0.05) is 52.4 Å². The Morgan fingerprint density at radius 2 is 1.00 bits per heavy atom. The van der Waals surface area contributed by atoms with Crippen LogP contribution in [0.1, 0.15) is 20.7 Å². The minimum atomic E-state index is -0.0267. The maximum absolute atomic E-state index is 12.9. The van der Waals surface area contributed by atoms with Crippen LogP contribution < -0.4 is 0 Å². The summed E-state index contributed by atoms with van der Waals surface area (Å²) in [6.45, 7) is 6.36. The minimum absolute atomic E-state index is 0.0267. The molecule has 0 aliphatic carbocycles. The zero-order chi connectivity index (χ0) is 17.1. The first-order chi connectivity index (χ1) is 11.6. The van der Waals surface area contributed by atoms with Crippen LogP contribution in [-0.4, -0.2) is 97.9 Å². The molecule has 24 heavy (non-hydrogen) atoms. The second-order valence-corrected chi connectivity index (χ2v) is 6.74. The van der Waals surface area contributed by atoms with Crippen molar-refractivity contribution in [2.75, 3.05) is 66.5 Å². The molecule has 2 saturated heterocycles. The van der Waals surface area contributed by atoms with E-state index in [0.717, 1.165) is 26.2 Å². The number of nitrogens with zero attached hydrogens (tertiary/aromatic N) is 4. The lowest BCUT2D eigenvalue weighted by Crippen LogP contribution is -2.49. The van der Waals surface area contributed by atoms with Gasteiger partial charge in [0.25, 0.3) is 11.8 Å².